The van der Waals surface area contributed by atoms with Crippen LogP contribution in [0.1, 0.15) is 27.4 Å². The molecule has 7 nitrogen and oxygen atoms in total. The number of rotatable bonds is 3. The highest BCUT2D eigenvalue weighted by atomic mass is 35.5. The molecule has 130 valence electrons. The Morgan fingerprint density at radius 1 is 1.33 bits per heavy atom. The molecule has 0 aliphatic carbocycles. The third-order valence-electron chi connectivity index (χ3n) is 2.69. The summed E-state index contributed by atoms with van der Waals surface area (Å²) in [5, 5.41) is 5.08. The van der Waals surface area contributed by atoms with Gasteiger partial charge in [0.15, 0.2) is 0 Å². The van der Waals surface area contributed by atoms with Crippen LogP contribution in [0.5, 0.6) is 0 Å². The fraction of sp³-hybridized carbons (Fsp3) is 0.143. The number of nitrogens with two attached hydrogens (primary N) is 1. The number of amides is 1. The van der Waals surface area contributed by atoms with Gasteiger partial charge in [0.2, 0.25) is 5.91 Å². The Balaban J connectivity index is 0.000000243. The number of carbonyl (C=O) groups excluding carboxylic acids is 1. The van der Waals surface area contributed by atoms with Gasteiger partial charge in [-0.2, -0.15) is 8.42 Å². The van der Waals surface area contributed by atoms with Crippen LogP contribution in [0.3, 0.4) is 0 Å². The molecule has 24 heavy (non-hydrogen) atoms. The first kappa shape index (κ1) is 20.2. The first-order valence-corrected chi connectivity index (χ1v) is 8.60. The van der Waals surface area contributed by atoms with Gasteiger partial charge >= 0.3 is 0 Å². The van der Waals surface area contributed by atoms with E-state index in [0.717, 1.165) is 0 Å². The lowest BCUT2D eigenvalue weighted by Gasteiger charge is -1.97. The molecule has 10 heteroatoms. The van der Waals surface area contributed by atoms with Crippen LogP contribution < -0.4 is 5.73 Å². The van der Waals surface area contributed by atoms with Gasteiger partial charge in [0.05, 0.1) is 21.7 Å². The van der Waals surface area contributed by atoms with Gasteiger partial charge in [-0.25, -0.2) is 0 Å². The van der Waals surface area contributed by atoms with Gasteiger partial charge < -0.3 is 10.3 Å². The van der Waals surface area contributed by atoms with E-state index in [1.54, 1.807) is 19.9 Å². The third kappa shape index (κ3) is 6.32. The Hall–Kier alpha value is -1.87. The van der Waals surface area contributed by atoms with Crippen molar-refractivity contribution in [3.63, 3.8) is 0 Å². The molecule has 1 aromatic carbocycles. The van der Waals surface area contributed by atoms with E-state index in [1.165, 1.54) is 18.2 Å². The molecule has 0 aliphatic rings. The smallest absolute Gasteiger partial charge is 0.287 e. The second kappa shape index (κ2) is 8.29. The quantitative estimate of drug-likeness (QED) is 0.772. The van der Waals surface area contributed by atoms with Crippen molar-refractivity contribution in [1.29, 1.82) is 0 Å². The number of aromatic nitrogens is 1. The summed E-state index contributed by atoms with van der Waals surface area (Å²) in [7, 11) is -4.08. The van der Waals surface area contributed by atoms with E-state index in [1.807, 2.05) is 0 Å². The molecule has 0 bridgehead atoms. The van der Waals surface area contributed by atoms with E-state index in [0.29, 0.717) is 27.4 Å². The average Bonchev–Trinajstić information content (AvgIpc) is 2.75. The van der Waals surface area contributed by atoms with Crippen molar-refractivity contribution in [3.8, 4) is 0 Å². The molecule has 2 rings (SSSR count). The first-order chi connectivity index (χ1) is 11.0. The van der Waals surface area contributed by atoms with E-state index in [-0.39, 0.29) is 10.6 Å². The summed E-state index contributed by atoms with van der Waals surface area (Å²) in [5.41, 5.74) is 6.43. The van der Waals surface area contributed by atoms with Crippen LogP contribution >= 0.6 is 23.2 Å². The van der Waals surface area contributed by atoms with Gasteiger partial charge in [-0.3, -0.25) is 9.35 Å². The fourth-order valence-corrected chi connectivity index (χ4v) is 2.38. The minimum atomic E-state index is -4.08. The van der Waals surface area contributed by atoms with Gasteiger partial charge in [-0.05, 0) is 38.1 Å². The molecular formula is C14H14Cl2N2O5S. The Bertz CT molecular complexity index is 856. The second-order valence-electron chi connectivity index (χ2n) is 4.54. The van der Waals surface area contributed by atoms with Gasteiger partial charge in [-0.15, -0.1) is 0 Å². The van der Waals surface area contributed by atoms with Gasteiger partial charge in [0, 0.05) is 10.6 Å². The van der Waals surface area contributed by atoms with Crippen molar-refractivity contribution in [2.75, 3.05) is 0 Å². The summed E-state index contributed by atoms with van der Waals surface area (Å²) in [6, 6.07) is 4.53. The van der Waals surface area contributed by atoms with E-state index in [2.05, 4.69) is 5.16 Å². The molecule has 1 amide bonds. The van der Waals surface area contributed by atoms with Crippen LogP contribution in [0.25, 0.3) is 6.08 Å². The molecule has 0 saturated carbocycles. The number of primary amides is 1. The summed E-state index contributed by atoms with van der Waals surface area (Å²) in [5.74, 6) is -0.0379. The topological polar surface area (TPSA) is 123 Å². The molecular weight excluding hydrogens is 379 g/mol. The van der Waals surface area contributed by atoms with Crippen molar-refractivity contribution >= 4 is 45.3 Å². The molecule has 0 unspecified atom stereocenters. The number of benzene rings is 1. The Kier molecular flexibility index (Phi) is 6.97. The average molecular weight is 393 g/mol. The predicted molar refractivity (Wildman–Crippen MR) is 91.5 cm³/mol. The van der Waals surface area contributed by atoms with Crippen molar-refractivity contribution in [3.05, 3.63) is 56.2 Å². The maximum Gasteiger partial charge on any atom is 0.287 e. The Morgan fingerprint density at radius 3 is 2.38 bits per heavy atom. The normalized spacial score (nSPS) is 11.2. The summed E-state index contributed by atoms with van der Waals surface area (Å²) in [6.07, 6.45) is 1.25. The molecule has 0 atom stereocenters. The number of carbonyl (C=O) groups is 1. The Labute approximate surface area is 148 Å². The van der Waals surface area contributed by atoms with Crippen LogP contribution in [0, 0.1) is 13.8 Å². The van der Waals surface area contributed by atoms with E-state index < -0.39 is 16.0 Å². The van der Waals surface area contributed by atoms with Crippen molar-refractivity contribution < 1.29 is 22.3 Å². The van der Waals surface area contributed by atoms with Crippen LogP contribution in [-0.2, 0) is 10.1 Å². The molecule has 2 aromatic rings. The molecule has 0 saturated heterocycles. The zero-order chi connectivity index (χ0) is 18.5. The van der Waals surface area contributed by atoms with Crippen LogP contribution in [0.4, 0.5) is 0 Å². The van der Waals surface area contributed by atoms with E-state index >= 15 is 0 Å². The SMILES string of the molecule is Cc1noc(C)c1/C=C/S(=O)(=O)O.NC(=O)c1ccc(Cl)cc1Cl. The highest BCUT2D eigenvalue weighted by Gasteiger charge is 2.06. The maximum atomic E-state index is 10.6. The monoisotopic (exact) mass is 392 g/mol. The predicted octanol–water partition coefficient (Wildman–Crippen LogP) is 3.24. The minimum absolute atomic E-state index is 0.282. The Morgan fingerprint density at radius 2 is 1.96 bits per heavy atom. The summed E-state index contributed by atoms with van der Waals surface area (Å²) >= 11 is 11.2. The number of halogens is 2. The molecule has 0 fully saturated rings. The largest absolute Gasteiger partial charge is 0.366 e. The molecule has 1 aromatic heterocycles. The number of hydrogen-bond donors (Lipinski definition) is 2. The van der Waals surface area contributed by atoms with Crippen molar-refractivity contribution in [2.24, 2.45) is 5.73 Å². The van der Waals surface area contributed by atoms with E-state index in [4.69, 9.17) is 38.0 Å². The zero-order valence-electron chi connectivity index (χ0n) is 12.7. The van der Waals surface area contributed by atoms with Gasteiger partial charge in [0.1, 0.15) is 5.76 Å². The molecule has 0 aliphatic heterocycles. The molecule has 1 heterocycles. The lowest BCUT2D eigenvalue weighted by atomic mass is 10.2. The van der Waals surface area contributed by atoms with Crippen LogP contribution in [-0.4, -0.2) is 24.0 Å². The third-order valence-corrected chi connectivity index (χ3v) is 3.72. The van der Waals surface area contributed by atoms with Crippen LogP contribution in [0.15, 0.2) is 28.1 Å². The number of hydrogen-bond acceptors (Lipinski definition) is 5. The minimum Gasteiger partial charge on any atom is -0.366 e. The number of nitrogens with zero attached hydrogens (tertiary/aromatic N) is 1. The van der Waals surface area contributed by atoms with Crippen LogP contribution in [0.2, 0.25) is 10.0 Å². The zero-order valence-corrected chi connectivity index (χ0v) is 15.0. The highest BCUT2D eigenvalue weighted by Crippen LogP contribution is 2.20. The van der Waals surface area contributed by atoms with Crippen molar-refractivity contribution in [2.45, 2.75) is 13.8 Å². The fourth-order valence-electron chi connectivity index (χ4n) is 1.57. The second-order valence-corrected chi connectivity index (χ2v) is 6.69. The molecule has 0 radical (unpaired) electrons. The van der Waals surface area contributed by atoms with Gasteiger partial charge in [0.25, 0.3) is 10.1 Å². The highest BCUT2D eigenvalue weighted by molar-refractivity contribution is 7.88. The number of aryl methyl sites for hydroxylation is 2. The standard InChI is InChI=1S/C7H5Cl2NO.C7H9NO4S/c8-4-1-2-5(7(10)11)6(9)3-4;1-5-7(6(2)12-8-5)3-4-13(9,10)11/h1-3H,(H2,10,11);3-4H,1-2H3,(H,9,10,11)/b;4-3+. The molecule has 3 N–H and O–H groups in total. The van der Waals surface area contributed by atoms with E-state index in [9.17, 15) is 13.2 Å². The van der Waals surface area contributed by atoms with Gasteiger partial charge in [-0.1, -0.05) is 28.4 Å². The lowest BCUT2D eigenvalue weighted by molar-refractivity contribution is 0.100. The summed E-state index contributed by atoms with van der Waals surface area (Å²) in [6.45, 7) is 3.34. The summed E-state index contributed by atoms with van der Waals surface area (Å²) in [4.78, 5) is 10.6. The lowest BCUT2D eigenvalue weighted by Crippen LogP contribution is -2.11. The molecule has 0 spiro atoms. The first-order valence-electron chi connectivity index (χ1n) is 6.34. The van der Waals surface area contributed by atoms with Crippen molar-refractivity contribution in [1.82, 2.24) is 5.16 Å². The maximum absolute atomic E-state index is 10.6. The summed E-state index contributed by atoms with van der Waals surface area (Å²) < 4.78 is 33.9.